The standard InChI is InChI=1S/C45H29N5/c1-2-11-34(12-3-1)49-42-17-5-4-13-36(42)37-20-18-31(29-44(37)49)30-19-21-43-39(28-30)38-14-10-24-48-45(38)50(43)35-26-32(40-15-6-8-22-46-40)25-33(27-35)41-16-7-9-23-47-41/h1-29H. The monoisotopic (exact) mass is 639 g/mol. The van der Waals surface area contributed by atoms with Crippen molar-refractivity contribution >= 4 is 43.7 Å². The molecule has 234 valence electrons. The highest BCUT2D eigenvalue weighted by Gasteiger charge is 2.18. The van der Waals surface area contributed by atoms with E-state index in [-0.39, 0.29) is 0 Å². The highest BCUT2D eigenvalue weighted by atomic mass is 15.0. The predicted molar refractivity (Wildman–Crippen MR) is 205 cm³/mol. The Kier molecular flexibility index (Phi) is 6.42. The smallest absolute Gasteiger partial charge is 0.145 e. The number of aromatic nitrogens is 5. The summed E-state index contributed by atoms with van der Waals surface area (Å²) in [6.07, 6.45) is 5.54. The molecule has 0 aliphatic heterocycles. The maximum absolute atomic E-state index is 4.94. The number of nitrogens with zero attached hydrogens (tertiary/aromatic N) is 5. The molecule has 0 saturated carbocycles. The Labute approximate surface area is 288 Å². The lowest BCUT2D eigenvalue weighted by molar-refractivity contribution is 1.13. The van der Waals surface area contributed by atoms with Gasteiger partial charge in [-0.25, -0.2) is 4.98 Å². The molecule has 0 amide bonds. The molecular formula is C45H29N5. The topological polar surface area (TPSA) is 48.5 Å². The van der Waals surface area contributed by atoms with Gasteiger partial charge >= 0.3 is 0 Å². The zero-order valence-electron chi connectivity index (χ0n) is 27.0. The summed E-state index contributed by atoms with van der Waals surface area (Å²) in [4.78, 5) is 14.3. The first-order chi connectivity index (χ1) is 24.8. The second kappa shape index (κ2) is 11.4. The maximum atomic E-state index is 4.94. The van der Waals surface area contributed by atoms with Gasteiger partial charge in [0.25, 0.3) is 0 Å². The van der Waals surface area contributed by atoms with Gasteiger partial charge < -0.3 is 4.57 Å². The van der Waals surface area contributed by atoms with E-state index in [0.29, 0.717) is 0 Å². The fourth-order valence-electron chi connectivity index (χ4n) is 7.40. The van der Waals surface area contributed by atoms with Crippen molar-refractivity contribution < 1.29 is 0 Å². The third-order valence-electron chi connectivity index (χ3n) is 9.64. The Bertz CT molecular complexity index is 2800. The lowest BCUT2D eigenvalue weighted by atomic mass is 10.0. The predicted octanol–water partition coefficient (Wildman–Crippen LogP) is 11.1. The van der Waals surface area contributed by atoms with E-state index in [1.165, 1.54) is 27.4 Å². The van der Waals surface area contributed by atoms with E-state index < -0.39 is 0 Å². The summed E-state index contributed by atoms with van der Waals surface area (Å²) < 4.78 is 4.64. The Morgan fingerprint density at radius 2 is 0.940 bits per heavy atom. The zero-order chi connectivity index (χ0) is 33.0. The molecule has 0 spiro atoms. The summed E-state index contributed by atoms with van der Waals surface area (Å²) in [5.74, 6) is 0. The lowest BCUT2D eigenvalue weighted by Gasteiger charge is -2.13. The highest BCUT2D eigenvalue weighted by Crippen LogP contribution is 2.39. The largest absolute Gasteiger partial charge is 0.309 e. The summed E-state index contributed by atoms with van der Waals surface area (Å²) in [6, 6.07) is 55.7. The molecule has 5 aromatic carbocycles. The quantitative estimate of drug-likeness (QED) is 0.188. The van der Waals surface area contributed by atoms with Gasteiger partial charge in [0.15, 0.2) is 0 Å². The summed E-state index contributed by atoms with van der Waals surface area (Å²) in [5, 5.41) is 4.75. The molecule has 0 N–H and O–H groups in total. The van der Waals surface area contributed by atoms with E-state index in [9.17, 15) is 0 Å². The fraction of sp³-hybridized carbons (Fsp3) is 0. The third kappa shape index (κ3) is 4.52. The van der Waals surface area contributed by atoms with Crippen LogP contribution in [0.5, 0.6) is 0 Å². The Balaban J connectivity index is 1.18. The third-order valence-corrected chi connectivity index (χ3v) is 9.64. The normalized spacial score (nSPS) is 11.6. The molecule has 5 heteroatoms. The van der Waals surface area contributed by atoms with Crippen molar-refractivity contribution in [2.75, 3.05) is 0 Å². The SMILES string of the molecule is c1ccc(-n2c3ccccc3c3ccc(-c4ccc5c(c4)c4cccnc4n5-c4cc(-c5ccccn5)cc(-c5ccccn5)c4)cc32)cc1. The van der Waals surface area contributed by atoms with Crippen molar-refractivity contribution in [3.63, 3.8) is 0 Å². The van der Waals surface area contributed by atoms with E-state index >= 15 is 0 Å². The fourth-order valence-corrected chi connectivity index (χ4v) is 7.40. The van der Waals surface area contributed by atoms with Crippen LogP contribution in [0.2, 0.25) is 0 Å². The molecule has 0 fully saturated rings. The van der Waals surface area contributed by atoms with Crippen molar-refractivity contribution in [3.05, 3.63) is 176 Å². The summed E-state index contributed by atoms with van der Waals surface area (Å²) >= 11 is 0. The summed E-state index contributed by atoms with van der Waals surface area (Å²) in [5.41, 5.74) is 12.7. The first-order valence-corrected chi connectivity index (χ1v) is 16.8. The van der Waals surface area contributed by atoms with Gasteiger partial charge in [0.05, 0.1) is 27.9 Å². The first-order valence-electron chi connectivity index (χ1n) is 16.8. The number of rotatable bonds is 5. The number of para-hydroxylation sites is 2. The molecule has 0 saturated heterocycles. The maximum Gasteiger partial charge on any atom is 0.145 e. The molecule has 0 radical (unpaired) electrons. The van der Waals surface area contributed by atoms with E-state index in [1.807, 2.05) is 61.1 Å². The molecule has 0 unspecified atom stereocenters. The Morgan fingerprint density at radius 3 is 1.70 bits per heavy atom. The van der Waals surface area contributed by atoms with Gasteiger partial charge in [-0.15, -0.1) is 0 Å². The highest BCUT2D eigenvalue weighted by molar-refractivity contribution is 6.12. The molecule has 0 aliphatic carbocycles. The van der Waals surface area contributed by atoms with Crippen LogP contribution < -0.4 is 0 Å². The van der Waals surface area contributed by atoms with Gasteiger partial charge in [-0.2, -0.15) is 0 Å². The number of hydrogen-bond acceptors (Lipinski definition) is 3. The van der Waals surface area contributed by atoms with Gasteiger partial charge in [0.2, 0.25) is 0 Å². The molecular weight excluding hydrogens is 611 g/mol. The zero-order valence-corrected chi connectivity index (χ0v) is 27.0. The van der Waals surface area contributed by atoms with Crippen LogP contribution in [0.15, 0.2) is 176 Å². The van der Waals surface area contributed by atoms with E-state index in [1.54, 1.807) is 0 Å². The molecule has 50 heavy (non-hydrogen) atoms. The van der Waals surface area contributed by atoms with Crippen molar-refractivity contribution in [2.45, 2.75) is 0 Å². The van der Waals surface area contributed by atoms with Gasteiger partial charge in [-0.3, -0.25) is 14.5 Å². The van der Waals surface area contributed by atoms with Crippen LogP contribution in [-0.2, 0) is 0 Å². The van der Waals surface area contributed by atoms with E-state index in [4.69, 9.17) is 4.98 Å². The first kappa shape index (κ1) is 28.2. The lowest BCUT2D eigenvalue weighted by Crippen LogP contribution is -1.98. The molecule has 5 heterocycles. The number of pyridine rings is 3. The van der Waals surface area contributed by atoms with E-state index in [2.05, 4.69) is 134 Å². The second-order valence-electron chi connectivity index (χ2n) is 12.6. The van der Waals surface area contributed by atoms with Crippen LogP contribution in [-0.4, -0.2) is 24.1 Å². The molecule has 0 atom stereocenters. The van der Waals surface area contributed by atoms with Gasteiger partial charge in [-0.1, -0.05) is 66.7 Å². The second-order valence-corrected chi connectivity index (χ2v) is 12.6. The van der Waals surface area contributed by atoms with Crippen LogP contribution in [0, 0.1) is 0 Å². The molecule has 10 aromatic rings. The van der Waals surface area contributed by atoms with Gasteiger partial charge in [-0.05, 0) is 102 Å². The minimum Gasteiger partial charge on any atom is -0.309 e. The summed E-state index contributed by atoms with van der Waals surface area (Å²) in [7, 11) is 0. The number of hydrogen-bond donors (Lipinski definition) is 0. The van der Waals surface area contributed by atoms with Gasteiger partial charge in [0.1, 0.15) is 5.65 Å². The van der Waals surface area contributed by atoms with E-state index in [0.717, 1.165) is 61.4 Å². The molecule has 5 nitrogen and oxygen atoms in total. The van der Waals surface area contributed by atoms with Crippen LogP contribution in [0.1, 0.15) is 0 Å². The van der Waals surface area contributed by atoms with Gasteiger partial charge in [0, 0.05) is 62.6 Å². The number of fused-ring (bicyclic) bond motifs is 6. The minimum atomic E-state index is 0.907. The molecule has 0 aliphatic rings. The Hall–Kier alpha value is -6.85. The molecule has 5 aromatic heterocycles. The summed E-state index contributed by atoms with van der Waals surface area (Å²) in [6.45, 7) is 0. The van der Waals surface area contributed by atoms with Crippen molar-refractivity contribution in [2.24, 2.45) is 0 Å². The molecule has 10 rings (SSSR count). The van der Waals surface area contributed by atoms with Crippen molar-refractivity contribution in [1.82, 2.24) is 24.1 Å². The Morgan fingerprint density at radius 1 is 0.320 bits per heavy atom. The molecule has 0 bridgehead atoms. The van der Waals surface area contributed by atoms with Crippen molar-refractivity contribution in [1.29, 1.82) is 0 Å². The van der Waals surface area contributed by atoms with Crippen molar-refractivity contribution in [3.8, 4) is 45.0 Å². The van der Waals surface area contributed by atoms with Crippen LogP contribution in [0.25, 0.3) is 88.8 Å². The average Bonchev–Trinajstić information content (AvgIpc) is 3.71. The minimum absolute atomic E-state index is 0.907. The number of benzene rings is 5. The van der Waals surface area contributed by atoms with Crippen LogP contribution in [0.3, 0.4) is 0 Å². The van der Waals surface area contributed by atoms with Crippen LogP contribution >= 0.6 is 0 Å². The van der Waals surface area contributed by atoms with Crippen LogP contribution in [0.4, 0.5) is 0 Å². The average molecular weight is 640 g/mol.